The van der Waals surface area contributed by atoms with Crippen molar-refractivity contribution in [1.29, 1.82) is 0 Å². The van der Waals surface area contributed by atoms with E-state index in [0.717, 1.165) is 40.7 Å². The fourth-order valence-corrected chi connectivity index (χ4v) is 1.85. The molecule has 1 aromatic rings. The molecule has 3 heteroatoms. The number of aryl methyl sites for hydroxylation is 2. The van der Waals surface area contributed by atoms with E-state index in [1.807, 2.05) is 24.8 Å². The average Bonchev–Trinajstić information content (AvgIpc) is 2.20. The molecule has 0 aromatic heterocycles. The minimum Gasteiger partial charge on any atom is -0.492 e. The Morgan fingerprint density at radius 2 is 2.00 bits per heavy atom. The van der Waals surface area contributed by atoms with Gasteiger partial charge in [-0.2, -0.15) is 11.8 Å². The highest BCUT2D eigenvalue weighted by molar-refractivity contribution is 7.99. The predicted octanol–water partition coefficient (Wildman–Crippen LogP) is 3.02. The van der Waals surface area contributed by atoms with Crippen molar-refractivity contribution in [1.82, 2.24) is 0 Å². The van der Waals surface area contributed by atoms with Crippen LogP contribution in [0.2, 0.25) is 0 Å². The lowest BCUT2D eigenvalue weighted by atomic mass is 10.1. The molecule has 0 amide bonds. The van der Waals surface area contributed by atoms with Crippen LogP contribution in [-0.2, 0) is 0 Å². The molecule has 2 nitrogen and oxygen atoms in total. The van der Waals surface area contributed by atoms with Gasteiger partial charge in [-0.25, -0.2) is 0 Å². The Morgan fingerprint density at radius 1 is 1.27 bits per heavy atom. The van der Waals surface area contributed by atoms with Crippen molar-refractivity contribution in [2.24, 2.45) is 0 Å². The van der Waals surface area contributed by atoms with E-state index in [4.69, 9.17) is 10.5 Å². The Kier molecular flexibility index (Phi) is 4.82. The fraction of sp³-hybridized carbons (Fsp3) is 0.500. The Balaban J connectivity index is 2.57. The number of benzene rings is 1. The van der Waals surface area contributed by atoms with E-state index in [0.29, 0.717) is 0 Å². The Labute approximate surface area is 96.2 Å². The number of ether oxygens (including phenoxy) is 1. The molecule has 0 heterocycles. The van der Waals surface area contributed by atoms with Crippen molar-refractivity contribution in [2.75, 3.05) is 23.8 Å². The number of hydrogen-bond acceptors (Lipinski definition) is 3. The zero-order valence-electron chi connectivity index (χ0n) is 9.67. The summed E-state index contributed by atoms with van der Waals surface area (Å²) in [4.78, 5) is 0. The number of hydrogen-bond donors (Lipinski definition) is 1. The van der Waals surface area contributed by atoms with Gasteiger partial charge in [0.25, 0.3) is 0 Å². The maximum atomic E-state index is 5.83. The zero-order valence-corrected chi connectivity index (χ0v) is 10.5. The molecule has 0 spiro atoms. The molecule has 1 rings (SSSR count). The van der Waals surface area contributed by atoms with Gasteiger partial charge in [-0.15, -0.1) is 0 Å². The van der Waals surface area contributed by atoms with Crippen molar-refractivity contribution < 1.29 is 4.74 Å². The summed E-state index contributed by atoms with van der Waals surface area (Å²) in [5, 5.41) is 0. The summed E-state index contributed by atoms with van der Waals surface area (Å²) in [6.45, 7) is 6.97. The molecular formula is C12H19NOS. The maximum absolute atomic E-state index is 5.83. The van der Waals surface area contributed by atoms with E-state index < -0.39 is 0 Å². The van der Waals surface area contributed by atoms with Crippen LogP contribution in [0.1, 0.15) is 18.1 Å². The van der Waals surface area contributed by atoms with Crippen LogP contribution in [-0.4, -0.2) is 18.1 Å². The second kappa shape index (κ2) is 5.91. The van der Waals surface area contributed by atoms with E-state index in [1.165, 1.54) is 0 Å². The van der Waals surface area contributed by atoms with Crippen molar-refractivity contribution >= 4 is 17.4 Å². The summed E-state index contributed by atoms with van der Waals surface area (Å²) >= 11 is 1.88. The number of anilines is 1. The number of thioether (sulfide) groups is 1. The van der Waals surface area contributed by atoms with Crippen molar-refractivity contribution in [2.45, 2.75) is 20.8 Å². The topological polar surface area (TPSA) is 35.2 Å². The molecule has 0 aliphatic heterocycles. The number of nitrogens with two attached hydrogens (primary N) is 1. The van der Waals surface area contributed by atoms with Crippen molar-refractivity contribution in [3.05, 3.63) is 23.3 Å². The molecular weight excluding hydrogens is 206 g/mol. The van der Waals surface area contributed by atoms with Gasteiger partial charge in [-0.3, -0.25) is 0 Å². The molecule has 0 radical (unpaired) electrons. The smallest absolute Gasteiger partial charge is 0.124 e. The molecule has 2 N–H and O–H groups in total. The van der Waals surface area contributed by atoms with Crippen LogP contribution in [0.5, 0.6) is 5.75 Å². The van der Waals surface area contributed by atoms with Gasteiger partial charge in [0, 0.05) is 17.5 Å². The first kappa shape index (κ1) is 12.2. The molecule has 84 valence electrons. The van der Waals surface area contributed by atoms with Crippen LogP contribution in [0.4, 0.5) is 5.69 Å². The third kappa shape index (κ3) is 3.67. The van der Waals surface area contributed by atoms with Gasteiger partial charge >= 0.3 is 0 Å². The Bertz CT molecular complexity index is 326. The van der Waals surface area contributed by atoms with Gasteiger partial charge in [0.1, 0.15) is 5.75 Å². The minimum absolute atomic E-state index is 0.752. The van der Waals surface area contributed by atoms with Crippen molar-refractivity contribution in [3.8, 4) is 5.75 Å². The van der Waals surface area contributed by atoms with Crippen LogP contribution in [0.15, 0.2) is 12.1 Å². The lowest BCUT2D eigenvalue weighted by Gasteiger charge is -2.11. The summed E-state index contributed by atoms with van der Waals surface area (Å²) in [6, 6.07) is 3.99. The van der Waals surface area contributed by atoms with Gasteiger partial charge in [0.15, 0.2) is 0 Å². The summed E-state index contributed by atoms with van der Waals surface area (Å²) in [7, 11) is 0. The summed E-state index contributed by atoms with van der Waals surface area (Å²) in [5.41, 5.74) is 8.91. The summed E-state index contributed by atoms with van der Waals surface area (Å²) < 4.78 is 5.67. The predicted molar refractivity (Wildman–Crippen MR) is 68.8 cm³/mol. The number of rotatable bonds is 5. The highest BCUT2D eigenvalue weighted by atomic mass is 32.2. The van der Waals surface area contributed by atoms with Gasteiger partial charge in [-0.05, 0) is 30.7 Å². The van der Waals surface area contributed by atoms with Gasteiger partial charge in [0.05, 0.1) is 6.61 Å². The molecule has 15 heavy (non-hydrogen) atoms. The zero-order chi connectivity index (χ0) is 11.3. The Hall–Kier alpha value is -0.830. The van der Waals surface area contributed by atoms with E-state index in [2.05, 4.69) is 19.9 Å². The first-order valence-corrected chi connectivity index (χ1v) is 6.38. The van der Waals surface area contributed by atoms with E-state index in [1.54, 1.807) is 0 Å². The monoisotopic (exact) mass is 225 g/mol. The first-order chi connectivity index (χ1) is 7.15. The largest absolute Gasteiger partial charge is 0.492 e. The number of nitrogen functional groups attached to an aromatic ring is 1. The third-order valence-electron chi connectivity index (χ3n) is 2.25. The normalized spacial score (nSPS) is 10.3. The van der Waals surface area contributed by atoms with Gasteiger partial charge in [-0.1, -0.05) is 13.0 Å². The van der Waals surface area contributed by atoms with Gasteiger partial charge in [0.2, 0.25) is 0 Å². The molecule has 0 unspecified atom stereocenters. The molecule has 0 fully saturated rings. The lowest BCUT2D eigenvalue weighted by Crippen LogP contribution is -2.03. The van der Waals surface area contributed by atoms with Crippen LogP contribution >= 0.6 is 11.8 Å². The maximum Gasteiger partial charge on any atom is 0.124 e. The molecule has 1 aromatic carbocycles. The molecule has 0 aliphatic rings. The second-order valence-corrected chi connectivity index (χ2v) is 4.91. The third-order valence-corrected chi connectivity index (χ3v) is 3.12. The van der Waals surface area contributed by atoms with Crippen LogP contribution < -0.4 is 10.5 Å². The van der Waals surface area contributed by atoms with Crippen molar-refractivity contribution in [3.63, 3.8) is 0 Å². The van der Waals surface area contributed by atoms with E-state index in [9.17, 15) is 0 Å². The van der Waals surface area contributed by atoms with E-state index >= 15 is 0 Å². The summed E-state index contributed by atoms with van der Waals surface area (Å²) in [6.07, 6.45) is 0. The quantitative estimate of drug-likeness (QED) is 0.618. The van der Waals surface area contributed by atoms with Crippen LogP contribution in [0, 0.1) is 13.8 Å². The minimum atomic E-state index is 0.752. The lowest BCUT2D eigenvalue weighted by molar-refractivity contribution is 0.341. The standard InChI is InChI=1S/C12H19NOS/c1-4-15-6-5-14-12-8-11(13)9(2)7-10(12)3/h7-8H,4-6,13H2,1-3H3. The van der Waals surface area contributed by atoms with E-state index in [-0.39, 0.29) is 0 Å². The van der Waals surface area contributed by atoms with Crippen LogP contribution in [0.25, 0.3) is 0 Å². The van der Waals surface area contributed by atoms with Crippen LogP contribution in [0.3, 0.4) is 0 Å². The first-order valence-electron chi connectivity index (χ1n) is 5.22. The molecule has 0 bridgehead atoms. The highest BCUT2D eigenvalue weighted by Gasteiger charge is 2.02. The molecule has 0 saturated heterocycles. The fourth-order valence-electron chi connectivity index (χ4n) is 1.36. The SMILES string of the molecule is CCSCCOc1cc(N)c(C)cc1C. The molecule has 0 atom stereocenters. The second-order valence-electron chi connectivity index (χ2n) is 3.52. The average molecular weight is 225 g/mol. The Morgan fingerprint density at radius 3 is 2.67 bits per heavy atom. The summed E-state index contributed by atoms with van der Waals surface area (Å²) in [5.74, 6) is 3.08. The molecule has 0 saturated carbocycles. The molecule has 0 aliphatic carbocycles. The highest BCUT2D eigenvalue weighted by Crippen LogP contribution is 2.24. The van der Waals surface area contributed by atoms with Gasteiger partial charge < -0.3 is 10.5 Å².